The van der Waals surface area contributed by atoms with Gasteiger partial charge in [-0.1, -0.05) is 38.4 Å². The summed E-state index contributed by atoms with van der Waals surface area (Å²) < 4.78 is 0.920. The molecule has 0 bridgehead atoms. The first-order chi connectivity index (χ1) is 11.3. The number of anilines is 1. The van der Waals surface area contributed by atoms with Crippen LogP contribution < -0.4 is 10.2 Å². The van der Waals surface area contributed by atoms with Gasteiger partial charge in [-0.05, 0) is 35.2 Å². The number of hydrogen-bond acceptors (Lipinski definition) is 3. The lowest BCUT2D eigenvalue weighted by molar-refractivity contribution is 0.0963. The second-order valence-corrected chi connectivity index (χ2v) is 8.98. The fraction of sp³-hybridized carbons (Fsp3) is 0.421. The van der Waals surface area contributed by atoms with E-state index in [-0.39, 0.29) is 11.3 Å². The third-order valence-corrected chi connectivity index (χ3v) is 6.29. The minimum absolute atomic E-state index is 0.0513. The fourth-order valence-electron chi connectivity index (χ4n) is 2.91. The molecule has 2 heterocycles. The molecule has 1 aliphatic heterocycles. The summed E-state index contributed by atoms with van der Waals surface area (Å²) in [6.07, 6.45) is 0. The van der Waals surface area contributed by atoms with Crippen molar-refractivity contribution < 1.29 is 4.79 Å². The Kier molecular flexibility index (Phi) is 4.63. The Bertz CT molecular complexity index is 757. The van der Waals surface area contributed by atoms with Crippen LogP contribution in [0.2, 0.25) is 4.34 Å². The molecule has 0 spiro atoms. The van der Waals surface area contributed by atoms with E-state index in [0.717, 1.165) is 23.1 Å². The smallest absolute Gasteiger partial charge is 0.251 e. The largest absolute Gasteiger partial charge is 0.370 e. The molecule has 0 radical (unpaired) electrons. The second-order valence-electron chi connectivity index (χ2n) is 7.32. The SMILES string of the molecule is CNC(=O)c1cccc(N2CC(c3cc(C(C)(C)C)sc3Cl)C2)c1. The molecule has 5 heteroatoms. The highest BCUT2D eigenvalue weighted by atomic mass is 35.5. The third kappa shape index (κ3) is 3.31. The van der Waals surface area contributed by atoms with Crippen LogP contribution in [0, 0.1) is 0 Å². The molecule has 1 saturated heterocycles. The van der Waals surface area contributed by atoms with E-state index < -0.39 is 0 Å². The van der Waals surface area contributed by atoms with Gasteiger partial charge in [0.25, 0.3) is 5.91 Å². The number of carbonyl (C=O) groups excluding carboxylic acids is 1. The van der Waals surface area contributed by atoms with Crippen molar-refractivity contribution in [1.29, 1.82) is 0 Å². The number of nitrogens with one attached hydrogen (secondary N) is 1. The molecule has 3 nitrogen and oxygen atoms in total. The van der Waals surface area contributed by atoms with Crippen molar-refractivity contribution in [2.45, 2.75) is 32.1 Å². The Labute approximate surface area is 152 Å². The van der Waals surface area contributed by atoms with Crippen molar-refractivity contribution in [3.05, 3.63) is 50.7 Å². The minimum Gasteiger partial charge on any atom is -0.370 e. The van der Waals surface area contributed by atoms with E-state index in [2.05, 4.69) is 43.1 Å². The zero-order valence-electron chi connectivity index (χ0n) is 14.5. The van der Waals surface area contributed by atoms with Crippen molar-refractivity contribution in [2.75, 3.05) is 25.0 Å². The summed E-state index contributed by atoms with van der Waals surface area (Å²) >= 11 is 8.18. The molecule has 1 fully saturated rings. The zero-order valence-corrected chi connectivity index (χ0v) is 16.1. The molecule has 3 rings (SSSR count). The highest BCUT2D eigenvalue weighted by Gasteiger charge is 2.32. The second kappa shape index (κ2) is 6.41. The summed E-state index contributed by atoms with van der Waals surface area (Å²) in [6, 6.07) is 10.0. The number of nitrogens with zero attached hydrogens (tertiary/aromatic N) is 1. The minimum atomic E-state index is -0.0513. The van der Waals surface area contributed by atoms with Crippen LogP contribution in [0.15, 0.2) is 30.3 Å². The van der Waals surface area contributed by atoms with Gasteiger partial charge in [0.1, 0.15) is 0 Å². The molecular formula is C19H23ClN2OS. The summed E-state index contributed by atoms with van der Waals surface area (Å²) in [5, 5.41) is 2.67. The number of rotatable bonds is 3. The molecule has 2 aromatic rings. The van der Waals surface area contributed by atoms with Gasteiger partial charge in [0.15, 0.2) is 0 Å². The van der Waals surface area contributed by atoms with Crippen LogP contribution >= 0.6 is 22.9 Å². The van der Waals surface area contributed by atoms with Gasteiger partial charge in [-0.15, -0.1) is 11.3 Å². The Morgan fingerprint density at radius 3 is 2.58 bits per heavy atom. The molecule has 128 valence electrons. The van der Waals surface area contributed by atoms with Crippen molar-refractivity contribution in [3.63, 3.8) is 0 Å². The monoisotopic (exact) mass is 362 g/mol. The standard InChI is InChI=1S/C19H23ClN2OS/c1-19(2,3)16-9-15(17(20)24-16)13-10-22(11-13)14-7-5-6-12(8-14)18(23)21-4/h5-9,13H,10-11H2,1-4H3,(H,21,23). The van der Waals surface area contributed by atoms with Gasteiger partial charge < -0.3 is 10.2 Å². The van der Waals surface area contributed by atoms with Gasteiger partial charge in [0, 0.05) is 42.2 Å². The van der Waals surface area contributed by atoms with Crippen LogP contribution in [-0.2, 0) is 5.41 Å². The Hall–Kier alpha value is -1.52. The number of benzene rings is 1. The van der Waals surface area contributed by atoms with E-state index in [0.29, 0.717) is 11.5 Å². The Morgan fingerprint density at radius 1 is 1.29 bits per heavy atom. The molecule has 1 amide bonds. The van der Waals surface area contributed by atoms with E-state index >= 15 is 0 Å². The summed E-state index contributed by atoms with van der Waals surface area (Å²) in [5.41, 5.74) is 3.19. The number of hydrogen-bond donors (Lipinski definition) is 1. The van der Waals surface area contributed by atoms with E-state index in [1.165, 1.54) is 10.4 Å². The van der Waals surface area contributed by atoms with Gasteiger partial charge in [-0.25, -0.2) is 0 Å². The molecule has 0 atom stereocenters. The van der Waals surface area contributed by atoms with E-state index in [4.69, 9.17) is 11.6 Å². The number of amides is 1. The lowest BCUT2D eigenvalue weighted by atomic mass is 9.89. The predicted octanol–water partition coefficient (Wildman–Crippen LogP) is 4.66. The normalized spacial score (nSPS) is 15.3. The first-order valence-corrected chi connectivity index (χ1v) is 9.36. The van der Waals surface area contributed by atoms with Crippen LogP contribution in [-0.4, -0.2) is 26.0 Å². The van der Waals surface area contributed by atoms with Crippen LogP contribution in [0.1, 0.15) is 47.5 Å². The summed E-state index contributed by atoms with van der Waals surface area (Å²) in [5.74, 6) is 0.415. The highest BCUT2D eigenvalue weighted by molar-refractivity contribution is 7.16. The number of halogens is 1. The van der Waals surface area contributed by atoms with Crippen LogP contribution in [0.3, 0.4) is 0 Å². The van der Waals surface area contributed by atoms with Gasteiger partial charge in [-0.2, -0.15) is 0 Å². The molecule has 1 aromatic carbocycles. The molecule has 1 N–H and O–H groups in total. The van der Waals surface area contributed by atoms with Gasteiger partial charge in [0.05, 0.1) is 4.34 Å². The van der Waals surface area contributed by atoms with Crippen molar-refractivity contribution in [3.8, 4) is 0 Å². The van der Waals surface area contributed by atoms with E-state index in [1.807, 2.05) is 18.2 Å². The van der Waals surface area contributed by atoms with Crippen molar-refractivity contribution in [1.82, 2.24) is 5.32 Å². The van der Waals surface area contributed by atoms with Gasteiger partial charge in [-0.3, -0.25) is 4.79 Å². The molecule has 0 saturated carbocycles. The average Bonchev–Trinajstić information content (AvgIpc) is 2.87. The van der Waals surface area contributed by atoms with E-state index in [9.17, 15) is 4.79 Å². The van der Waals surface area contributed by atoms with E-state index in [1.54, 1.807) is 18.4 Å². The topological polar surface area (TPSA) is 32.3 Å². The first-order valence-electron chi connectivity index (χ1n) is 8.16. The summed E-state index contributed by atoms with van der Waals surface area (Å²) in [6.45, 7) is 8.54. The zero-order chi connectivity index (χ0) is 17.5. The molecule has 1 aliphatic rings. The highest BCUT2D eigenvalue weighted by Crippen LogP contribution is 2.42. The maximum Gasteiger partial charge on any atom is 0.251 e. The van der Waals surface area contributed by atoms with Gasteiger partial charge in [0.2, 0.25) is 0 Å². The summed E-state index contributed by atoms with van der Waals surface area (Å²) in [7, 11) is 1.65. The lowest BCUT2D eigenvalue weighted by Crippen LogP contribution is -2.45. The Balaban J connectivity index is 1.72. The number of carbonyl (C=O) groups is 1. The van der Waals surface area contributed by atoms with Crippen LogP contribution in [0.4, 0.5) is 5.69 Å². The fourth-order valence-corrected chi connectivity index (χ4v) is 4.39. The molecule has 0 unspecified atom stereocenters. The molecule has 24 heavy (non-hydrogen) atoms. The van der Waals surface area contributed by atoms with Crippen LogP contribution in [0.25, 0.3) is 0 Å². The third-order valence-electron chi connectivity index (χ3n) is 4.47. The Morgan fingerprint density at radius 2 is 2.00 bits per heavy atom. The van der Waals surface area contributed by atoms with Gasteiger partial charge >= 0.3 is 0 Å². The predicted molar refractivity (Wildman–Crippen MR) is 103 cm³/mol. The maximum atomic E-state index is 11.8. The van der Waals surface area contributed by atoms with Crippen molar-refractivity contribution in [2.24, 2.45) is 0 Å². The van der Waals surface area contributed by atoms with Crippen molar-refractivity contribution >= 4 is 34.5 Å². The molecule has 1 aromatic heterocycles. The quantitative estimate of drug-likeness (QED) is 0.861. The van der Waals surface area contributed by atoms with Crippen LogP contribution in [0.5, 0.6) is 0 Å². The summed E-state index contributed by atoms with van der Waals surface area (Å²) in [4.78, 5) is 15.4. The number of thiophene rings is 1. The first kappa shape index (κ1) is 17.3. The molecular weight excluding hydrogens is 340 g/mol. The average molecular weight is 363 g/mol. The lowest BCUT2D eigenvalue weighted by Gasteiger charge is -2.41. The maximum absolute atomic E-state index is 11.8. The molecule has 0 aliphatic carbocycles.